The van der Waals surface area contributed by atoms with Crippen molar-refractivity contribution in [3.05, 3.63) is 65.0 Å². The number of aryl methyl sites for hydroxylation is 1. The van der Waals surface area contributed by atoms with Gasteiger partial charge in [0.15, 0.2) is 0 Å². The monoisotopic (exact) mass is 382 g/mol. The molecule has 1 heterocycles. The topological polar surface area (TPSA) is 50.4 Å². The first-order valence-electron chi connectivity index (χ1n) is 9.96. The van der Waals surface area contributed by atoms with E-state index in [1.54, 1.807) is 6.07 Å². The lowest BCUT2D eigenvalue weighted by atomic mass is 9.83. The predicted molar refractivity (Wildman–Crippen MR) is 107 cm³/mol. The fourth-order valence-corrected chi connectivity index (χ4v) is 4.29. The van der Waals surface area contributed by atoms with Gasteiger partial charge in [0.25, 0.3) is 0 Å². The van der Waals surface area contributed by atoms with Gasteiger partial charge in [-0.2, -0.15) is 0 Å². The number of hydrogen-bond donors (Lipinski definition) is 2. The zero-order valence-electron chi connectivity index (χ0n) is 16.4. The minimum absolute atomic E-state index is 0.0143. The van der Waals surface area contributed by atoms with E-state index in [-0.39, 0.29) is 29.3 Å². The maximum absolute atomic E-state index is 13.3. The number of carbonyl (C=O) groups is 1. The third-order valence-corrected chi connectivity index (χ3v) is 5.83. The Bertz CT molecular complexity index is 881. The van der Waals surface area contributed by atoms with Gasteiger partial charge in [-0.3, -0.25) is 0 Å². The minimum atomic E-state index is -0.308. The number of benzene rings is 2. The molecule has 0 radical (unpaired) electrons. The lowest BCUT2D eigenvalue weighted by Crippen LogP contribution is -2.48. The smallest absolute Gasteiger partial charge is 0.315 e. The van der Waals surface area contributed by atoms with Gasteiger partial charge in [0.1, 0.15) is 18.2 Å². The van der Waals surface area contributed by atoms with Crippen molar-refractivity contribution in [3.8, 4) is 5.75 Å². The number of fused-ring (bicyclic) bond motifs is 2. The van der Waals surface area contributed by atoms with Crippen molar-refractivity contribution in [3.63, 3.8) is 0 Å². The largest absolute Gasteiger partial charge is 0.491 e. The third-order valence-electron chi connectivity index (χ3n) is 5.83. The Labute approximate surface area is 165 Å². The first-order valence-corrected chi connectivity index (χ1v) is 9.96. The van der Waals surface area contributed by atoms with E-state index in [1.807, 2.05) is 6.07 Å². The molecule has 1 aliphatic heterocycles. The number of ether oxygens (including phenoxy) is 1. The molecule has 4 nitrogen and oxygen atoms in total. The second-order valence-electron chi connectivity index (χ2n) is 8.70. The minimum Gasteiger partial charge on any atom is -0.491 e. The van der Waals surface area contributed by atoms with Crippen molar-refractivity contribution >= 4 is 6.03 Å². The van der Waals surface area contributed by atoms with Gasteiger partial charge >= 0.3 is 6.03 Å². The molecule has 2 aromatic carbocycles. The molecule has 0 aromatic heterocycles. The summed E-state index contributed by atoms with van der Waals surface area (Å²) in [7, 11) is 0. The molecular formula is C23H27FN2O2. The first kappa shape index (κ1) is 18.8. The van der Waals surface area contributed by atoms with E-state index in [4.69, 9.17) is 4.74 Å². The normalized spacial score (nSPS) is 22.8. The Hall–Kier alpha value is -2.56. The molecule has 0 saturated carbocycles. The fourth-order valence-electron chi connectivity index (χ4n) is 4.29. The summed E-state index contributed by atoms with van der Waals surface area (Å²) in [6, 6.07) is 12.6. The Morgan fingerprint density at radius 2 is 1.96 bits per heavy atom. The number of halogens is 1. The molecule has 0 fully saturated rings. The van der Waals surface area contributed by atoms with Gasteiger partial charge in [-0.05, 0) is 53.9 Å². The molecule has 0 spiro atoms. The van der Waals surface area contributed by atoms with Gasteiger partial charge in [-0.15, -0.1) is 0 Å². The molecule has 2 unspecified atom stereocenters. The summed E-state index contributed by atoms with van der Waals surface area (Å²) in [5, 5.41) is 6.22. The maximum Gasteiger partial charge on any atom is 0.315 e. The average Bonchev–Trinajstić information content (AvgIpc) is 2.78. The summed E-state index contributed by atoms with van der Waals surface area (Å²) in [5.74, 6) is 0.260. The Morgan fingerprint density at radius 3 is 2.82 bits per heavy atom. The van der Waals surface area contributed by atoms with Gasteiger partial charge in [0, 0.05) is 6.07 Å². The highest BCUT2D eigenvalue weighted by molar-refractivity contribution is 5.75. The standard InChI is InChI=1S/C23H27FN2O2/c1-23(2)10-9-15-5-3-4-6-19(15)20(13-23)26-22(27)25-18-11-16-7-8-17(24)12-21(16)28-14-18/h3-8,12,18,20H,9-11,13-14H2,1-2H3,(H2,25,26,27). The van der Waals surface area contributed by atoms with Crippen LogP contribution in [0.1, 0.15) is 49.4 Å². The van der Waals surface area contributed by atoms with E-state index in [1.165, 1.54) is 23.3 Å². The van der Waals surface area contributed by atoms with Crippen molar-refractivity contribution in [2.45, 2.75) is 51.6 Å². The molecule has 2 aliphatic rings. The van der Waals surface area contributed by atoms with Crippen LogP contribution in [0.4, 0.5) is 9.18 Å². The van der Waals surface area contributed by atoms with E-state index in [0.29, 0.717) is 18.8 Å². The van der Waals surface area contributed by atoms with Gasteiger partial charge in [0.2, 0.25) is 0 Å². The quantitative estimate of drug-likeness (QED) is 0.750. The molecule has 2 atom stereocenters. The van der Waals surface area contributed by atoms with Crippen LogP contribution < -0.4 is 15.4 Å². The van der Waals surface area contributed by atoms with Crippen LogP contribution >= 0.6 is 0 Å². The third kappa shape index (κ3) is 4.13. The number of urea groups is 1. The number of carbonyl (C=O) groups excluding carboxylic acids is 1. The van der Waals surface area contributed by atoms with Gasteiger partial charge < -0.3 is 15.4 Å². The molecule has 5 heteroatoms. The van der Waals surface area contributed by atoms with E-state index in [2.05, 4.69) is 42.7 Å². The van der Waals surface area contributed by atoms with Crippen LogP contribution in [0.5, 0.6) is 5.75 Å². The molecule has 2 amide bonds. The molecule has 0 bridgehead atoms. The van der Waals surface area contributed by atoms with E-state index >= 15 is 0 Å². The molecular weight excluding hydrogens is 355 g/mol. The van der Waals surface area contributed by atoms with Crippen molar-refractivity contribution in [2.75, 3.05) is 6.61 Å². The zero-order valence-corrected chi connectivity index (χ0v) is 16.4. The van der Waals surface area contributed by atoms with Crippen LogP contribution in [0.15, 0.2) is 42.5 Å². The van der Waals surface area contributed by atoms with E-state index < -0.39 is 0 Å². The lowest BCUT2D eigenvalue weighted by molar-refractivity contribution is 0.206. The molecule has 4 rings (SSSR count). The maximum atomic E-state index is 13.3. The number of rotatable bonds is 2. The molecule has 28 heavy (non-hydrogen) atoms. The fraction of sp³-hybridized carbons (Fsp3) is 0.435. The van der Waals surface area contributed by atoms with Gasteiger partial charge in [-0.1, -0.05) is 44.2 Å². The summed E-state index contributed by atoms with van der Waals surface area (Å²) in [6.45, 7) is 4.86. The summed E-state index contributed by atoms with van der Waals surface area (Å²) in [5.41, 5.74) is 3.60. The van der Waals surface area contributed by atoms with Crippen LogP contribution in [0.2, 0.25) is 0 Å². The second kappa shape index (κ2) is 7.46. The molecule has 1 aliphatic carbocycles. The van der Waals surface area contributed by atoms with Gasteiger partial charge in [0.05, 0.1) is 12.1 Å². The highest BCUT2D eigenvalue weighted by Crippen LogP contribution is 2.39. The van der Waals surface area contributed by atoms with Crippen LogP contribution in [-0.4, -0.2) is 18.7 Å². The Balaban J connectivity index is 1.44. The SMILES string of the molecule is CC1(C)CCc2ccccc2C(NC(=O)NC2COc3cc(F)ccc3C2)C1. The zero-order chi connectivity index (χ0) is 19.7. The van der Waals surface area contributed by atoms with Crippen molar-refractivity contribution in [2.24, 2.45) is 5.41 Å². The van der Waals surface area contributed by atoms with Crippen LogP contribution in [0, 0.1) is 11.2 Å². The lowest BCUT2D eigenvalue weighted by Gasteiger charge is -2.30. The highest BCUT2D eigenvalue weighted by atomic mass is 19.1. The van der Waals surface area contributed by atoms with Crippen molar-refractivity contribution in [1.29, 1.82) is 0 Å². The van der Waals surface area contributed by atoms with E-state index in [9.17, 15) is 9.18 Å². The second-order valence-corrected chi connectivity index (χ2v) is 8.70. The predicted octanol–water partition coefficient (Wildman–Crippen LogP) is 4.53. The molecule has 0 saturated heterocycles. The molecule has 2 N–H and O–H groups in total. The summed E-state index contributed by atoms with van der Waals surface area (Å²) in [6.07, 6.45) is 3.68. The summed E-state index contributed by atoms with van der Waals surface area (Å²) in [4.78, 5) is 12.7. The summed E-state index contributed by atoms with van der Waals surface area (Å²) >= 11 is 0. The number of amides is 2. The Morgan fingerprint density at radius 1 is 1.14 bits per heavy atom. The van der Waals surface area contributed by atoms with Crippen LogP contribution in [0.3, 0.4) is 0 Å². The highest BCUT2D eigenvalue weighted by Gasteiger charge is 2.31. The van der Waals surface area contributed by atoms with Crippen molar-refractivity contribution in [1.82, 2.24) is 10.6 Å². The molecule has 2 aromatic rings. The Kier molecular flexibility index (Phi) is 5.00. The first-order chi connectivity index (χ1) is 13.4. The summed E-state index contributed by atoms with van der Waals surface area (Å²) < 4.78 is 19.0. The van der Waals surface area contributed by atoms with Crippen LogP contribution in [0.25, 0.3) is 0 Å². The van der Waals surface area contributed by atoms with E-state index in [0.717, 1.165) is 24.8 Å². The van der Waals surface area contributed by atoms with Gasteiger partial charge in [-0.25, -0.2) is 9.18 Å². The average molecular weight is 382 g/mol. The number of nitrogens with one attached hydrogen (secondary N) is 2. The van der Waals surface area contributed by atoms with Crippen LogP contribution in [-0.2, 0) is 12.8 Å². The van der Waals surface area contributed by atoms with Crippen molar-refractivity contribution < 1.29 is 13.9 Å². The number of hydrogen-bond acceptors (Lipinski definition) is 2. The molecule has 148 valence electrons.